The molecule has 2 aliphatic rings. The largest absolute Gasteiger partial charge is 0.369 e. The predicted molar refractivity (Wildman–Crippen MR) is 105 cm³/mol. The topological polar surface area (TPSA) is 30.3 Å². The minimum absolute atomic E-state index is 0.850. The summed E-state index contributed by atoms with van der Waals surface area (Å²) in [6.07, 6.45) is 6.08. The maximum atomic E-state index is 9.38. The maximum absolute atomic E-state index is 9.38. The average molecular weight is 329 g/mol. The van der Waals surface area contributed by atoms with Crippen LogP contribution in [0.15, 0.2) is 54.1 Å². The Labute approximate surface area is 149 Å². The molecule has 126 valence electrons. The monoisotopic (exact) mass is 329 g/mol. The Morgan fingerprint density at radius 2 is 1.72 bits per heavy atom. The molecule has 0 saturated carbocycles. The van der Waals surface area contributed by atoms with E-state index in [0.29, 0.717) is 0 Å². The molecule has 0 bridgehead atoms. The zero-order chi connectivity index (χ0) is 17.2. The van der Waals surface area contributed by atoms with Gasteiger partial charge >= 0.3 is 0 Å². The second-order valence-corrected chi connectivity index (χ2v) is 6.98. The first-order chi connectivity index (χ1) is 12.2. The van der Waals surface area contributed by atoms with Crippen molar-refractivity contribution < 1.29 is 0 Å². The summed E-state index contributed by atoms with van der Waals surface area (Å²) in [5, 5.41) is 11.9. The van der Waals surface area contributed by atoms with Crippen molar-refractivity contribution in [2.45, 2.75) is 12.8 Å². The summed E-state index contributed by atoms with van der Waals surface area (Å²) in [5.74, 6) is 0. The lowest BCUT2D eigenvalue weighted by atomic mass is 9.92. The van der Waals surface area contributed by atoms with Crippen LogP contribution in [0.5, 0.6) is 0 Å². The van der Waals surface area contributed by atoms with Crippen LogP contribution in [-0.4, -0.2) is 38.1 Å². The van der Waals surface area contributed by atoms with Crippen LogP contribution in [0.4, 0.5) is 5.69 Å². The molecule has 0 aromatic heterocycles. The van der Waals surface area contributed by atoms with Crippen molar-refractivity contribution in [2.24, 2.45) is 0 Å². The van der Waals surface area contributed by atoms with E-state index >= 15 is 0 Å². The number of fused-ring (bicyclic) bond motifs is 1. The van der Waals surface area contributed by atoms with Gasteiger partial charge in [-0.2, -0.15) is 5.26 Å². The Morgan fingerprint density at radius 3 is 2.52 bits per heavy atom. The highest BCUT2D eigenvalue weighted by Gasteiger charge is 2.15. The van der Waals surface area contributed by atoms with Crippen molar-refractivity contribution in [3.05, 3.63) is 59.7 Å². The molecule has 2 aromatic carbocycles. The number of nitriles is 1. The number of anilines is 1. The summed E-state index contributed by atoms with van der Waals surface area (Å²) >= 11 is 0. The normalized spacial score (nSPS) is 18.6. The zero-order valence-electron chi connectivity index (χ0n) is 14.7. The number of rotatable bonds is 2. The highest BCUT2D eigenvalue weighted by atomic mass is 15.2. The highest BCUT2D eigenvalue weighted by molar-refractivity contribution is 5.91. The second kappa shape index (κ2) is 6.74. The van der Waals surface area contributed by atoms with Gasteiger partial charge in [0.05, 0.1) is 6.07 Å². The molecule has 3 heteroatoms. The van der Waals surface area contributed by atoms with E-state index in [1.54, 1.807) is 0 Å². The first-order valence-corrected chi connectivity index (χ1v) is 9.02. The highest BCUT2D eigenvalue weighted by Crippen LogP contribution is 2.30. The number of nitrogens with zero attached hydrogens (tertiary/aromatic N) is 3. The number of benzene rings is 2. The fourth-order valence-corrected chi connectivity index (χ4v) is 3.71. The van der Waals surface area contributed by atoms with Crippen molar-refractivity contribution in [3.8, 4) is 6.07 Å². The van der Waals surface area contributed by atoms with Gasteiger partial charge in [0.15, 0.2) is 0 Å². The molecule has 1 aliphatic carbocycles. The first kappa shape index (κ1) is 15.9. The van der Waals surface area contributed by atoms with E-state index in [0.717, 1.165) is 55.7 Å². The second-order valence-electron chi connectivity index (χ2n) is 6.98. The van der Waals surface area contributed by atoms with E-state index in [4.69, 9.17) is 0 Å². The first-order valence-electron chi connectivity index (χ1n) is 9.02. The van der Waals surface area contributed by atoms with Gasteiger partial charge < -0.3 is 9.80 Å². The quantitative estimate of drug-likeness (QED) is 0.826. The van der Waals surface area contributed by atoms with Crippen molar-refractivity contribution in [3.63, 3.8) is 0 Å². The lowest BCUT2D eigenvalue weighted by Gasteiger charge is -2.34. The van der Waals surface area contributed by atoms with Gasteiger partial charge in [0.25, 0.3) is 0 Å². The molecule has 2 aromatic rings. The lowest BCUT2D eigenvalue weighted by Crippen LogP contribution is -2.44. The van der Waals surface area contributed by atoms with Gasteiger partial charge in [-0.15, -0.1) is 0 Å². The third kappa shape index (κ3) is 3.18. The maximum Gasteiger partial charge on any atom is 0.0953 e. The van der Waals surface area contributed by atoms with Crippen LogP contribution in [0.1, 0.15) is 18.4 Å². The molecule has 0 amide bonds. The summed E-state index contributed by atoms with van der Waals surface area (Å²) in [6, 6.07) is 15.7. The van der Waals surface area contributed by atoms with Crippen LogP contribution < -0.4 is 4.90 Å². The molecular formula is C22H23N3. The van der Waals surface area contributed by atoms with E-state index < -0.39 is 0 Å². The minimum Gasteiger partial charge on any atom is -0.369 e. The summed E-state index contributed by atoms with van der Waals surface area (Å²) in [6.45, 7) is 4.41. The summed E-state index contributed by atoms with van der Waals surface area (Å²) in [4.78, 5) is 4.84. The van der Waals surface area contributed by atoms with E-state index in [2.05, 4.69) is 71.5 Å². The van der Waals surface area contributed by atoms with E-state index in [1.807, 2.05) is 0 Å². The predicted octanol–water partition coefficient (Wildman–Crippen LogP) is 4.22. The van der Waals surface area contributed by atoms with E-state index in [1.165, 1.54) is 16.5 Å². The number of piperazine rings is 1. The van der Waals surface area contributed by atoms with Crippen LogP contribution in [-0.2, 0) is 0 Å². The number of likely N-dealkylation sites (N-methyl/N-ethyl adjacent to an activating group) is 1. The molecule has 1 heterocycles. The molecule has 0 unspecified atom stereocenters. The Morgan fingerprint density at radius 1 is 0.960 bits per heavy atom. The van der Waals surface area contributed by atoms with Crippen LogP contribution in [0.2, 0.25) is 0 Å². The molecule has 4 rings (SSSR count). The molecule has 1 saturated heterocycles. The minimum atomic E-state index is 0.850. The molecule has 0 N–H and O–H groups in total. The number of hydrogen-bond acceptors (Lipinski definition) is 3. The molecule has 1 aliphatic heterocycles. The third-order valence-corrected chi connectivity index (χ3v) is 5.31. The molecule has 25 heavy (non-hydrogen) atoms. The van der Waals surface area contributed by atoms with E-state index in [-0.39, 0.29) is 0 Å². The van der Waals surface area contributed by atoms with Crippen molar-refractivity contribution in [1.29, 1.82) is 5.26 Å². The Kier molecular flexibility index (Phi) is 4.29. The molecule has 0 spiro atoms. The summed E-state index contributed by atoms with van der Waals surface area (Å²) in [7, 11) is 2.18. The SMILES string of the molecule is CN1CCN(c2ccc3cc(C4=C(C#N)CCC=C4)ccc3c2)CC1. The van der Waals surface area contributed by atoms with E-state index in [9.17, 15) is 5.26 Å². The van der Waals surface area contributed by atoms with Gasteiger partial charge in [-0.1, -0.05) is 30.4 Å². The standard InChI is InChI=1S/C22H23N3/c1-24-10-12-25(13-11-24)21-9-8-17-14-19(7-6-18(17)15-21)22-5-3-2-4-20(22)16-23/h3,5-9,14-15H,2,4,10-13H2,1H3. The van der Waals surface area contributed by atoms with Gasteiger partial charge in [0.1, 0.15) is 0 Å². The summed E-state index contributed by atoms with van der Waals surface area (Å²) in [5.41, 5.74) is 4.44. The molecule has 0 radical (unpaired) electrons. The Bertz CT molecular complexity index is 893. The smallest absolute Gasteiger partial charge is 0.0953 e. The zero-order valence-corrected chi connectivity index (χ0v) is 14.7. The van der Waals surface area contributed by atoms with Gasteiger partial charge in [0.2, 0.25) is 0 Å². The fraction of sp³-hybridized carbons (Fsp3) is 0.318. The van der Waals surface area contributed by atoms with Crippen LogP contribution in [0, 0.1) is 11.3 Å². The van der Waals surface area contributed by atoms with Gasteiger partial charge in [-0.3, -0.25) is 0 Å². The lowest BCUT2D eigenvalue weighted by molar-refractivity contribution is 0.313. The fourth-order valence-electron chi connectivity index (χ4n) is 3.71. The van der Waals surface area contributed by atoms with Crippen molar-refractivity contribution in [2.75, 3.05) is 38.1 Å². The van der Waals surface area contributed by atoms with Crippen molar-refractivity contribution >= 4 is 22.0 Å². The number of allylic oxidation sites excluding steroid dienone is 4. The van der Waals surface area contributed by atoms with Crippen LogP contribution in [0.25, 0.3) is 16.3 Å². The molecular weight excluding hydrogens is 306 g/mol. The van der Waals surface area contributed by atoms with Gasteiger partial charge in [0, 0.05) is 37.4 Å². The van der Waals surface area contributed by atoms with Crippen molar-refractivity contribution in [1.82, 2.24) is 4.90 Å². The van der Waals surface area contributed by atoms with Gasteiger partial charge in [-0.25, -0.2) is 0 Å². The third-order valence-electron chi connectivity index (χ3n) is 5.31. The van der Waals surface area contributed by atoms with Gasteiger partial charge in [-0.05, 0) is 60.0 Å². The molecule has 0 atom stereocenters. The van der Waals surface area contributed by atoms with Crippen LogP contribution in [0.3, 0.4) is 0 Å². The number of hydrogen-bond donors (Lipinski definition) is 0. The summed E-state index contributed by atoms with van der Waals surface area (Å²) < 4.78 is 0. The Hall–Kier alpha value is -2.57. The molecule has 3 nitrogen and oxygen atoms in total. The Balaban J connectivity index is 1.67. The molecule has 1 fully saturated rings. The average Bonchev–Trinajstić information content (AvgIpc) is 2.67. The van der Waals surface area contributed by atoms with Crippen LogP contribution >= 0.6 is 0 Å².